The third-order valence-electron chi connectivity index (χ3n) is 5.33. The van der Waals surface area contributed by atoms with Gasteiger partial charge in [0.2, 0.25) is 6.29 Å². The zero-order valence-electron chi connectivity index (χ0n) is 17.6. The number of carbonyl (C=O) groups is 1. The molecule has 0 aliphatic carbocycles. The molecule has 164 valence electrons. The highest BCUT2D eigenvalue weighted by Crippen LogP contribution is 2.36. The zero-order valence-corrected chi connectivity index (χ0v) is 17.6. The Morgan fingerprint density at radius 3 is 2.82 bits per heavy atom. The van der Waals surface area contributed by atoms with Gasteiger partial charge in [0.05, 0.1) is 12.1 Å². The maximum Gasteiger partial charge on any atom is 0.331 e. The average Bonchev–Trinajstić information content (AvgIpc) is 2.86. The van der Waals surface area contributed by atoms with Crippen molar-refractivity contribution < 1.29 is 23.4 Å². The lowest BCUT2D eigenvalue weighted by molar-refractivity contribution is -0.139. The van der Waals surface area contributed by atoms with Gasteiger partial charge >= 0.3 is 5.97 Å². The minimum Gasteiger partial charge on any atom is -0.460 e. The van der Waals surface area contributed by atoms with E-state index in [2.05, 4.69) is 4.98 Å². The number of fused-ring (bicyclic) bond motifs is 2. The van der Waals surface area contributed by atoms with Crippen LogP contribution in [-0.4, -0.2) is 11.0 Å². The number of hydrogen-bond acceptors (Lipinski definition) is 5. The van der Waals surface area contributed by atoms with Gasteiger partial charge in [-0.1, -0.05) is 54.6 Å². The van der Waals surface area contributed by atoms with Gasteiger partial charge in [0.25, 0.3) is 0 Å². The maximum atomic E-state index is 14.1. The fourth-order valence-electron chi connectivity index (χ4n) is 3.78. The Balaban J connectivity index is 1.31. The van der Waals surface area contributed by atoms with Crippen molar-refractivity contribution in [3.8, 4) is 5.75 Å². The molecule has 1 aromatic heterocycles. The minimum absolute atomic E-state index is 0.126. The molecule has 5 rings (SSSR count). The molecular weight excluding hydrogens is 421 g/mol. The first-order valence-electron chi connectivity index (χ1n) is 10.5. The highest BCUT2D eigenvalue weighted by molar-refractivity contribution is 5.92. The lowest BCUT2D eigenvalue weighted by atomic mass is 10.1. The van der Waals surface area contributed by atoms with E-state index in [0.717, 1.165) is 22.0 Å². The molecule has 2 heterocycles. The molecule has 1 atom stereocenters. The Labute approximate surface area is 190 Å². The molecule has 1 aliphatic heterocycles. The first-order chi connectivity index (χ1) is 16.2. The Kier molecular flexibility index (Phi) is 5.83. The van der Waals surface area contributed by atoms with E-state index >= 15 is 0 Å². The van der Waals surface area contributed by atoms with Crippen molar-refractivity contribution in [3.05, 3.63) is 113 Å². The molecular formula is C27H20FNO4. The molecule has 0 fully saturated rings. The van der Waals surface area contributed by atoms with Crippen LogP contribution in [0.1, 0.15) is 28.5 Å². The van der Waals surface area contributed by atoms with Gasteiger partial charge in [-0.05, 0) is 24.3 Å². The highest BCUT2D eigenvalue weighted by Gasteiger charge is 2.25. The normalized spacial score (nSPS) is 15.2. The summed E-state index contributed by atoms with van der Waals surface area (Å²) < 4.78 is 31.3. The van der Waals surface area contributed by atoms with Gasteiger partial charge < -0.3 is 14.2 Å². The summed E-state index contributed by atoms with van der Waals surface area (Å²) in [6.45, 7) is 0.0696. The van der Waals surface area contributed by atoms with E-state index in [1.165, 1.54) is 18.2 Å². The molecule has 5 nitrogen and oxygen atoms in total. The van der Waals surface area contributed by atoms with Crippen LogP contribution in [0.25, 0.3) is 17.0 Å². The number of ether oxygens (including phenoxy) is 3. The lowest BCUT2D eigenvalue weighted by Crippen LogP contribution is -2.19. The van der Waals surface area contributed by atoms with Crippen molar-refractivity contribution in [1.29, 1.82) is 0 Å². The highest BCUT2D eigenvalue weighted by atomic mass is 19.1. The van der Waals surface area contributed by atoms with Crippen molar-refractivity contribution in [2.45, 2.75) is 19.5 Å². The predicted molar refractivity (Wildman–Crippen MR) is 122 cm³/mol. The molecule has 3 aromatic carbocycles. The van der Waals surface area contributed by atoms with Gasteiger partial charge in [0.15, 0.2) is 0 Å². The van der Waals surface area contributed by atoms with Gasteiger partial charge in [-0.2, -0.15) is 0 Å². The molecule has 33 heavy (non-hydrogen) atoms. The molecule has 0 N–H and O–H groups in total. The summed E-state index contributed by atoms with van der Waals surface area (Å²) >= 11 is 0. The Morgan fingerprint density at radius 2 is 1.94 bits per heavy atom. The lowest BCUT2D eigenvalue weighted by Gasteiger charge is -2.28. The largest absolute Gasteiger partial charge is 0.460 e. The summed E-state index contributed by atoms with van der Waals surface area (Å²) in [5.41, 5.74) is 3.47. The SMILES string of the molecule is O=C(/C=C\c1cccc2cccnc12)OCc1cc(F)cc2c1O[C@H](c1ccccc1)OC2. The van der Waals surface area contributed by atoms with Gasteiger partial charge in [-0.15, -0.1) is 0 Å². The Bertz CT molecular complexity index is 1330. The molecule has 0 radical (unpaired) electrons. The summed E-state index contributed by atoms with van der Waals surface area (Å²) in [7, 11) is 0. The first kappa shape index (κ1) is 20.8. The number of pyridine rings is 1. The smallest absolute Gasteiger partial charge is 0.331 e. The van der Waals surface area contributed by atoms with Crippen molar-refractivity contribution in [2.24, 2.45) is 0 Å². The van der Waals surface area contributed by atoms with Gasteiger partial charge in [-0.3, -0.25) is 4.98 Å². The summed E-state index contributed by atoms with van der Waals surface area (Å²) in [5.74, 6) is -0.512. The second-order valence-corrected chi connectivity index (χ2v) is 7.59. The van der Waals surface area contributed by atoms with Gasteiger partial charge in [0, 0.05) is 39.9 Å². The number of nitrogens with zero attached hydrogens (tertiary/aromatic N) is 1. The number of carbonyl (C=O) groups excluding carboxylic acids is 1. The topological polar surface area (TPSA) is 57.7 Å². The molecule has 0 amide bonds. The van der Waals surface area contributed by atoms with E-state index in [1.807, 2.05) is 60.7 Å². The van der Waals surface area contributed by atoms with E-state index in [0.29, 0.717) is 16.9 Å². The predicted octanol–water partition coefficient (Wildman–Crippen LogP) is 5.74. The summed E-state index contributed by atoms with van der Waals surface area (Å²) in [6.07, 6.45) is 4.09. The van der Waals surface area contributed by atoms with Crippen LogP contribution >= 0.6 is 0 Å². The van der Waals surface area contributed by atoms with Gasteiger partial charge in [-0.25, -0.2) is 9.18 Å². The Hall–Kier alpha value is -4.03. The fraction of sp³-hybridized carbons (Fsp3) is 0.111. The van der Waals surface area contributed by atoms with Crippen LogP contribution < -0.4 is 4.74 Å². The molecule has 0 saturated carbocycles. The summed E-state index contributed by atoms with van der Waals surface area (Å²) in [4.78, 5) is 16.7. The number of hydrogen-bond donors (Lipinski definition) is 0. The van der Waals surface area contributed by atoms with Crippen LogP contribution in [0.15, 0.2) is 85.1 Å². The number of esters is 1. The standard InChI is InChI=1S/C27H20FNO4/c28-23-14-21(26-22(15-23)17-32-27(33-26)20-6-2-1-3-7-20)16-31-24(30)12-11-19-9-4-8-18-10-5-13-29-25(18)19/h1-15,27H,16-17H2/b12-11-/t27-/m1/s1. The zero-order chi connectivity index (χ0) is 22.6. The number of benzene rings is 3. The minimum atomic E-state index is -0.614. The monoisotopic (exact) mass is 441 g/mol. The van der Waals surface area contributed by atoms with Crippen LogP contribution in [0.5, 0.6) is 5.75 Å². The van der Waals surface area contributed by atoms with E-state index < -0.39 is 18.1 Å². The third-order valence-corrected chi connectivity index (χ3v) is 5.33. The van der Waals surface area contributed by atoms with E-state index in [1.54, 1.807) is 12.3 Å². The number of aromatic nitrogens is 1. The number of para-hydroxylation sites is 1. The molecule has 0 saturated heterocycles. The molecule has 0 bridgehead atoms. The van der Waals surface area contributed by atoms with Crippen molar-refractivity contribution in [3.63, 3.8) is 0 Å². The van der Waals surface area contributed by atoms with Crippen molar-refractivity contribution >= 4 is 22.9 Å². The van der Waals surface area contributed by atoms with Crippen LogP contribution in [-0.2, 0) is 27.5 Å². The fourth-order valence-corrected chi connectivity index (χ4v) is 3.78. The molecule has 6 heteroatoms. The quantitative estimate of drug-likeness (QED) is 0.292. The molecule has 0 spiro atoms. The third kappa shape index (κ3) is 4.61. The van der Waals surface area contributed by atoms with Crippen molar-refractivity contribution in [2.75, 3.05) is 0 Å². The second-order valence-electron chi connectivity index (χ2n) is 7.59. The molecule has 0 unspecified atom stereocenters. The number of rotatable bonds is 5. The average molecular weight is 441 g/mol. The van der Waals surface area contributed by atoms with E-state index in [4.69, 9.17) is 14.2 Å². The summed E-state index contributed by atoms with van der Waals surface area (Å²) in [5, 5.41) is 0.978. The maximum absolute atomic E-state index is 14.1. The molecule has 1 aliphatic rings. The van der Waals surface area contributed by atoms with Crippen LogP contribution in [0.3, 0.4) is 0 Å². The number of halogens is 1. The summed E-state index contributed by atoms with van der Waals surface area (Å²) in [6, 6.07) is 21.7. The Morgan fingerprint density at radius 1 is 1.09 bits per heavy atom. The van der Waals surface area contributed by atoms with Crippen LogP contribution in [0, 0.1) is 5.82 Å². The van der Waals surface area contributed by atoms with Crippen LogP contribution in [0.2, 0.25) is 0 Å². The van der Waals surface area contributed by atoms with Gasteiger partial charge in [0.1, 0.15) is 18.2 Å². The van der Waals surface area contributed by atoms with Crippen LogP contribution in [0.4, 0.5) is 4.39 Å². The second kappa shape index (κ2) is 9.22. The van der Waals surface area contributed by atoms with E-state index in [9.17, 15) is 9.18 Å². The van der Waals surface area contributed by atoms with E-state index in [-0.39, 0.29) is 13.2 Å². The van der Waals surface area contributed by atoms with Crippen molar-refractivity contribution in [1.82, 2.24) is 4.98 Å². The first-order valence-corrected chi connectivity index (χ1v) is 10.5. The molecule has 4 aromatic rings.